The van der Waals surface area contributed by atoms with Gasteiger partial charge in [0.05, 0.1) is 13.7 Å². The highest BCUT2D eigenvalue weighted by Crippen LogP contribution is 2.18. The van der Waals surface area contributed by atoms with Gasteiger partial charge >= 0.3 is 0 Å². The molecule has 0 radical (unpaired) electrons. The van der Waals surface area contributed by atoms with E-state index < -0.39 is 0 Å². The van der Waals surface area contributed by atoms with E-state index in [2.05, 4.69) is 12.1 Å². The van der Waals surface area contributed by atoms with Crippen LogP contribution in [0.25, 0.3) is 0 Å². The molecular weight excluding hydrogens is 264 g/mol. The smallest absolute Gasteiger partial charge is 0.119 e. The SMILES string of the molecule is COc1ccc(OCCC(CO)Cc2ccccc2)cc1. The first-order chi connectivity index (χ1) is 10.3. The van der Waals surface area contributed by atoms with E-state index in [1.54, 1.807) is 7.11 Å². The van der Waals surface area contributed by atoms with Gasteiger partial charge in [-0.3, -0.25) is 0 Å². The summed E-state index contributed by atoms with van der Waals surface area (Å²) in [5.41, 5.74) is 1.25. The average molecular weight is 286 g/mol. The van der Waals surface area contributed by atoms with Crippen molar-refractivity contribution in [3.63, 3.8) is 0 Å². The van der Waals surface area contributed by atoms with Crippen LogP contribution in [0.1, 0.15) is 12.0 Å². The third-order valence-corrected chi connectivity index (χ3v) is 3.48. The van der Waals surface area contributed by atoms with Crippen LogP contribution in [0.15, 0.2) is 54.6 Å². The second kappa shape index (κ2) is 8.32. The number of benzene rings is 2. The number of aliphatic hydroxyl groups excluding tert-OH is 1. The van der Waals surface area contributed by atoms with Crippen molar-refractivity contribution in [3.05, 3.63) is 60.2 Å². The Labute approximate surface area is 126 Å². The summed E-state index contributed by atoms with van der Waals surface area (Å²) in [6.07, 6.45) is 1.71. The highest BCUT2D eigenvalue weighted by molar-refractivity contribution is 5.31. The van der Waals surface area contributed by atoms with Crippen LogP contribution in [0.5, 0.6) is 11.5 Å². The summed E-state index contributed by atoms with van der Waals surface area (Å²) in [5, 5.41) is 9.48. The van der Waals surface area contributed by atoms with E-state index in [4.69, 9.17) is 9.47 Å². The Morgan fingerprint density at radius 3 is 2.24 bits per heavy atom. The molecule has 21 heavy (non-hydrogen) atoms. The van der Waals surface area contributed by atoms with Crippen LogP contribution in [-0.4, -0.2) is 25.4 Å². The minimum absolute atomic E-state index is 0.181. The molecule has 112 valence electrons. The van der Waals surface area contributed by atoms with Gasteiger partial charge < -0.3 is 14.6 Å². The lowest BCUT2D eigenvalue weighted by Crippen LogP contribution is -2.14. The first-order valence-electron chi connectivity index (χ1n) is 7.23. The number of aliphatic hydroxyl groups is 1. The molecule has 0 fully saturated rings. The van der Waals surface area contributed by atoms with Crippen molar-refractivity contribution in [2.24, 2.45) is 5.92 Å². The molecule has 3 heteroatoms. The molecule has 0 aliphatic heterocycles. The second-order valence-corrected chi connectivity index (χ2v) is 5.05. The van der Waals surface area contributed by atoms with Gasteiger partial charge in [0.25, 0.3) is 0 Å². The average Bonchev–Trinajstić information content (AvgIpc) is 2.55. The summed E-state index contributed by atoms with van der Waals surface area (Å²) in [4.78, 5) is 0. The van der Waals surface area contributed by atoms with Crippen molar-refractivity contribution in [1.29, 1.82) is 0 Å². The van der Waals surface area contributed by atoms with Gasteiger partial charge in [-0.2, -0.15) is 0 Å². The molecule has 0 aromatic heterocycles. The molecule has 0 aliphatic carbocycles. The molecule has 0 heterocycles. The lowest BCUT2D eigenvalue weighted by atomic mass is 9.97. The van der Waals surface area contributed by atoms with Gasteiger partial charge in [-0.15, -0.1) is 0 Å². The highest BCUT2D eigenvalue weighted by Gasteiger charge is 2.09. The maximum atomic E-state index is 9.48. The summed E-state index contributed by atoms with van der Waals surface area (Å²) >= 11 is 0. The number of ether oxygens (including phenoxy) is 2. The maximum Gasteiger partial charge on any atom is 0.119 e. The second-order valence-electron chi connectivity index (χ2n) is 5.05. The normalized spacial score (nSPS) is 11.9. The molecule has 1 atom stereocenters. The Morgan fingerprint density at radius 1 is 0.952 bits per heavy atom. The summed E-state index contributed by atoms with van der Waals surface area (Å²) in [5.74, 6) is 1.87. The molecule has 0 aliphatic rings. The first kappa shape index (κ1) is 15.4. The fourth-order valence-electron chi connectivity index (χ4n) is 2.22. The van der Waals surface area contributed by atoms with Crippen LogP contribution < -0.4 is 9.47 Å². The summed E-state index contributed by atoms with van der Waals surface area (Å²) < 4.78 is 10.8. The Hall–Kier alpha value is -2.00. The van der Waals surface area contributed by atoms with Crippen LogP contribution in [0.4, 0.5) is 0 Å². The Kier molecular flexibility index (Phi) is 6.10. The molecule has 0 saturated carbocycles. The van der Waals surface area contributed by atoms with E-state index in [1.165, 1.54) is 5.56 Å². The van der Waals surface area contributed by atoms with E-state index in [9.17, 15) is 5.11 Å². The van der Waals surface area contributed by atoms with Crippen molar-refractivity contribution in [2.75, 3.05) is 20.3 Å². The molecule has 0 saturated heterocycles. The third-order valence-electron chi connectivity index (χ3n) is 3.48. The molecule has 2 rings (SSSR count). The monoisotopic (exact) mass is 286 g/mol. The van der Waals surface area contributed by atoms with Crippen molar-refractivity contribution >= 4 is 0 Å². The van der Waals surface area contributed by atoms with E-state index in [1.807, 2.05) is 42.5 Å². The fourth-order valence-corrected chi connectivity index (χ4v) is 2.22. The molecule has 1 unspecified atom stereocenters. The van der Waals surface area contributed by atoms with Crippen molar-refractivity contribution in [2.45, 2.75) is 12.8 Å². The Bertz CT molecular complexity index is 508. The van der Waals surface area contributed by atoms with E-state index in [-0.39, 0.29) is 12.5 Å². The molecule has 0 bridgehead atoms. The number of rotatable bonds is 8. The molecule has 2 aromatic rings. The number of methoxy groups -OCH3 is 1. The fraction of sp³-hybridized carbons (Fsp3) is 0.333. The van der Waals surface area contributed by atoms with Gasteiger partial charge in [0.2, 0.25) is 0 Å². The largest absolute Gasteiger partial charge is 0.497 e. The zero-order chi connectivity index (χ0) is 14.9. The van der Waals surface area contributed by atoms with E-state index in [0.29, 0.717) is 6.61 Å². The molecule has 0 spiro atoms. The minimum Gasteiger partial charge on any atom is -0.497 e. The van der Waals surface area contributed by atoms with Crippen LogP contribution in [0, 0.1) is 5.92 Å². The van der Waals surface area contributed by atoms with Gasteiger partial charge in [-0.25, -0.2) is 0 Å². The molecule has 0 amide bonds. The predicted octanol–water partition coefficient (Wildman–Crippen LogP) is 3.32. The van der Waals surface area contributed by atoms with Gasteiger partial charge in [0, 0.05) is 6.61 Å². The van der Waals surface area contributed by atoms with Crippen LogP contribution in [0.2, 0.25) is 0 Å². The predicted molar refractivity (Wildman–Crippen MR) is 83.8 cm³/mol. The molecule has 1 N–H and O–H groups in total. The van der Waals surface area contributed by atoms with Gasteiger partial charge in [-0.1, -0.05) is 30.3 Å². The van der Waals surface area contributed by atoms with Crippen LogP contribution in [-0.2, 0) is 6.42 Å². The highest BCUT2D eigenvalue weighted by atomic mass is 16.5. The van der Waals surface area contributed by atoms with Crippen molar-refractivity contribution in [1.82, 2.24) is 0 Å². The van der Waals surface area contributed by atoms with Gasteiger partial charge in [-0.05, 0) is 48.6 Å². The Morgan fingerprint density at radius 2 is 1.62 bits per heavy atom. The van der Waals surface area contributed by atoms with Gasteiger partial charge in [0.1, 0.15) is 11.5 Å². The lowest BCUT2D eigenvalue weighted by molar-refractivity contribution is 0.190. The zero-order valence-corrected chi connectivity index (χ0v) is 12.4. The standard InChI is InChI=1S/C18H22O3/c1-20-17-7-9-18(10-8-17)21-12-11-16(14-19)13-15-5-3-2-4-6-15/h2-10,16,19H,11-14H2,1H3. The maximum absolute atomic E-state index is 9.48. The number of hydrogen-bond donors (Lipinski definition) is 1. The molecule has 3 nitrogen and oxygen atoms in total. The van der Waals surface area contributed by atoms with E-state index in [0.717, 1.165) is 24.3 Å². The molecule has 2 aromatic carbocycles. The quantitative estimate of drug-likeness (QED) is 0.809. The summed E-state index contributed by atoms with van der Waals surface area (Å²) in [6.45, 7) is 0.783. The third kappa shape index (κ3) is 5.12. The van der Waals surface area contributed by atoms with Gasteiger partial charge in [0.15, 0.2) is 0 Å². The van der Waals surface area contributed by atoms with Crippen LogP contribution >= 0.6 is 0 Å². The van der Waals surface area contributed by atoms with Crippen molar-refractivity contribution < 1.29 is 14.6 Å². The number of hydrogen-bond acceptors (Lipinski definition) is 3. The Balaban J connectivity index is 1.77. The lowest BCUT2D eigenvalue weighted by Gasteiger charge is -2.15. The molecular formula is C18H22O3. The topological polar surface area (TPSA) is 38.7 Å². The zero-order valence-electron chi connectivity index (χ0n) is 12.4. The summed E-state index contributed by atoms with van der Waals surface area (Å²) in [6, 6.07) is 17.8. The first-order valence-corrected chi connectivity index (χ1v) is 7.23. The van der Waals surface area contributed by atoms with Crippen molar-refractivity contribution in [3.8, 4) is 11.5 Å². The van der Waals surface area contributed by atoms with E-state index >= 15 is 0 Å². The summed E-state index contributed by atoms with van der Waals surface area (Å²) in [7, 11) is 1.64. The van der Waals surface area contributed by atoms with Crippen LogP contribution in [0.3, 0.4) is 0 Å². The minimum atomic E-state index is 0.181.